The van der Waals surface area contributed by atoms with Crippen LogP contribution < -0.4 is 37.2 Å². The van der Waals surface area contributed by atoms with E-state index in [2.05, 4.69) is 37.2 Å². The van der Waals surface area contributed by atoms with E-state index < -0.39 is 139 Å². The fourth-order valence-electron chi connectivity index (χ4n) is 6.53. The van der Waals surface area contributed by atoms with Gasteiger partial charge in [-0.05, 0) is 55.1 Å². The average Bonchev–Trinajstić information content (AvgIpc) is 3.22. The van der Waals surface area contributed by atoms with Gasteiger partial charge in [0, 0.05) is 25.8 Å². The molecular weight excluding hydrogens is 863 g/mol. The van der Waals surface area contributed by atoms with Gasteiger partial charge in [-0.1, -0.05) is 85.6 Å². The van der Waals surface area contributed by atoms with Crippen LogP contribution in [0.1, 0.15) is 124 Å². The van der Waals surface area contributed by atoms with Gasteiger partial charge in [0.1, 0.15) is 30.2 Å². The number of Topliss-reactive ketones (excluding diaryl/α,β-unsaturated/α-hetero) is 1. The van der Waals surface area contributed by atoms with Gasteiger partial charge in [-0.2, -0.15) is 0 Å². The van der Waals surface area contributed by atoms with E-state index in [0.717, 1.165) is 0 Å². The van der Waals surface area contributed by atoms with E-state index >= 15 is 0 Å². The van der Waals surface area contributed by atoms with E-state index in [1.165, 1.54) is 0 Å². The molecule has 368 valence electrons. The summed E-state index contributed by atoms with van der Waals surface area (Å²) in [6.07, 6.45) is -1.58. The van der Waals surface area contributed by atoms with Crippen molar-refractivity contribution in [3.63, 3.8) is 0 Å². The molecule has 10 N–H and O–H groups in total. The summed E-state index contributed by atoms with van der Waals surface area (Å²) >= 11 is 0. The largest absolute Gasteiger partial charge is 0.481 e. The standard InChI is InChI=1S/C45H69N7O14/c1-9-11-16-28(37(60)43(65)46-21-10-2)48-40(62)30(22-25(3)4)51-44(66)38(45(6,7)8)52-42(64)31(23-27-15-13-12-14-26(27)5)50-39(61)29(17-19-34(54)55)49-41(63)32(24-36(58)59)47-33(53)18-20-35(56)57/h12-15,25,28-32,38H,9-11,16-24H2,1-8H3,(H,46,65)(H,47,53)(H,48,62)(H,49,63)(H,50,61)(H,51,66)(H,52,64)(H,54,55)(H,56,57)(H,58,59)/t28-,29-,30-,31-,32-,38+/m0/s1. The Morgan fingerprint density at radius 1 is 0.591 bits per heavy atom. The molecule has 0 saturated carbocycles. The summed E-state index contributed by atoms with van der Waals surface area (Å²) in [5, 5.41) is 45.3. The van der Waals surface area contributed by atoms with Crippen molar-refractivity contribution in [1.29, 1.82) is 0 Å². The minimum atomic E-state index is -1.81. The maximum absolute atomic E-state index is 14.4. The normalized spacial score (nSPS) is 13.9. The summed E-state index contributed by atoms with van der Waals surface area (Å²) in [5.74, 6) is -11.8. The average molecular weight is 932 g/mol. The second kappa shape index (κ2) is 28.5. The van der Waals surface area contributed by atoms with Gasteiger partial charge in [-0.25, -0.2) is 0 Å². The first-order valence-corrected chi connectivity index (χ1v) is 22.1. The first-order chi connectivity index (χ1) is 30.8. The lowest BCUT2D eigenvalue weighted by atomic mass is 9.85. The molecule has 0 bridgehead atoms. The van der Waals surface area contributed by atoms with Gasteiger partial charge < -0.3 is 52.5 Å². The summed E-state index contributed by atoms with van der Waals surface area (Å²) in [5.41, 5.74) is 0.246. The molecule has 0 saturated heterocycles. The Bertz CT molecular complexity index is 1900. The highest BCUT2D eigenvalue weighted by atomic mass is 16.4. The number of aryl methyl sites for hydroxylation is 1. The van der Waals surface area contributed by atoms with E-state index in [1.807, 2.05) is 27.7 Å². The second-order valence-corrected chi connectivity index (χ2v) is 17.6. The topological polar surface area (TPSA) is 333 Å². The highest BCUT2D eigenvalue weighted by molar-refractivity contribution is 6.38. The Hall–Kier alpha value is -6.41. The Labute approximate surface area is 385 Å². The number of carboxylic acids is 3. The number of nitrogens with one attached hydrogen (secondary N) is 7. The molecule has 1 aromatic carbocycles. The van der Waals surface area contributed by atoms with Crippen molar-refractivity contribution in [1.82, 2.24) is 37.2 Å². The minimum Gasteiger partial charge on any atom is -0.481 e. The zero-order valence-electron chi connectivity index (χ0n) is 39.2. The van der Waals surface area contributed by atoms with Crippen molar-refractivity contribution < 1.29 is 68.1 Å². The Morgan fingerprint density at radius 2 is 1.14 bits per heavy atom. The summed E-state index contributed by atoms with van der Waals surface area (Å²) in [4.78, 5) is 142. The number of carbonyl (C=O) groups is 11. The molecule has 21 nitrogen and oxygen atoms in total. The molecule has 7 amide bonds. The van der Waals surface area contributed by atoms with Gasteiger partial charge in [-0.15, -0.1) is 0 Å². The van der Waals surface area contributed by atoms with Crippen molar-refractivity contribution in [3.05, 3.63) is 35.4 Å². The summed E-state index contributed by atoms with van der Waals surface area (Å²) in [6.45, 7) is 14.3. The number of rotatable bonds is 30. The number of carboxylic acid groups (broad SMARTS) is 3. The fraction of sp³-hybridized carbons (Fsp3) is 0.622. The monoisotopic (exact) mass is 931 g/mol. The number of benzene rings is 1. The Balaban J connectivity index is 3.60. The van der Waals surface area contributed by atoms with Crippen molar-refractivity contribution in [2.24, 2.45) is 11.3 Å². The summed E-state index contributed by atoms with van der Waals surface area (Å²) in [7, 11) is 0. The third kappa shape index (κ3) is 21.5. The van der Waals surface area contributed by atoms with Gasteiger partial charge in [0.05, 0.1) is 18.9 Å². The molecule has 0 aliphatic carbocycles. The van der Waals surface area contributed by atoms with E-state index in [1.54, 1.807) is 52.0 Å². The van der Waals surface area contributed by atoms with Crippen molar-refractivity contribution >= 4 is 65.0 Å². The number of aliphatic carboxylic acids is 3. The van der Waals surface area contributed by atoms with E-state index in [4.69, 9.17) is 5.11 Å². The van der Waals surface area contributed by atoms with E-state index in [-0.39, 0.29) is 31.7 Å². The minimum absolute atomic E-state index is 0.105. The Kier molecular flexibility index (Phi) is 24.9. The molecule has 6 atom stereocenters. The number of unbranched alkanes of at least 4 members (excludes halogenated alkanes) is 1. The predicted octanol–water partition coefficient (Wildman–Crippen LogP) is 1.03. The van der Waals surface area contributed by atoms with Crippen LogP contribution in [0.3, 0.4) is 0 Å². The molecule has 21 heteroatoms. The molecule has 0 aliphatic rings. The molecule has 1 aromatic rings. The molecule has 0 spiro atoms. The number of carbonyl (C=O) groups excluding carboxylic acids is 8. The third-order valence-corrected chi connectivity index (χ3v) is 10.2. The number of amides is 7. The first-order valence-electron chi connectivity index (χ1n) is 22.1. The molecule has 0 fully saturated rings. The van der Waals surface area contributed by atoms with Crippen LogP contribution >= 0.6 is 0 Å². The lowest BCUT2D eigenvalue weighted by Crippen LogP contribution is -2.62. The van der Waals surface area contributed by atoms with Gasteiger partial charge in [0.2, 0.25) is 41.2 Å². The highest BCUT2D eigenvalue weighted by Gasteiger charge is 2.39. The number of hydrogen-bond donors (Lipinski definition) is 10. The van der Waals surface area contributed by atoms with Gasteiger partial charge in [-0.3, -0.25) is 52.7 Å². The van der Waals surface area contributed by atoms with Crippen molar-refractivity contribution in [3.8, 4) is 0 Å². The lowest BCUT2D eigenvalue weighted by Gasteiger charge is -2.34. The highest BCUT2D eigenvalue weighted by Crippen LogP contribution is 2.21. The van der Waals surface area contributed by atoms with Crippen LogP contribution in [0.5, 0.6) is 0 Å². The van der Waals surface area contributed by atoms with Gasteiger partial charge >= 0.3 is 17.9 Å². The zero-order valence-corrected chi connectivity index (χ0v) is 39.2. The molecule has 0 aromatic heterocycles. The first kappa shape index (κ1) is 57.6. The quantitative estimate of drug-likeness (QED) is 0.0482. The second-order valence-electron chi connectivity index (χ2n) is 17.6. The molecule has 1 rings (SSSR count). The predicted molar refractivity (Wildman–Crippen MR) is 239 cm³/mol. The van der Waals surface area contributed by atoms with E-state index in [0.29, 0.717) is 30.4 Å². The molecule has 0 radical (unpaired) electrons. The number of ketones is 1. The van der Waals surface area contributed by atoms with Crippen LogP contribution in [-0.2, 0) is 59.2 Å². The van der Waals surface area contributed by atoms with Gasteiger partial charge in [0.15, 0.2) is 0 Å². The van der Waals surface area contributed by atoms with Crippen LogP contribution in [0.15, 0.2) is 24.3 Å². The third-order valence-electron chi connectivity index (χ3n) is 10.2. The molecule has 0 heterocycles. The van der Waals surface area contributed by atoms with Crippen LogP contribution in [0.4, 0.5) is 0 Å². The van der Waals surface area contributed by atoms with Crippen LogP contribution in [0, 0.1) is 18.3 Å². The van der Waals surface area contributed by atoms with Crippen LogP contribution in [0.2, 0.25) is 0 Å². The van der Waals surface area contributed by atoms with E-state index in [9.17, 15) is 63.0 Å². The summed E-state index contributed by atoms with van der Waals surface area (Å²) in [6, 6.07) is -1.91. The number of hydrogen-bond acceptors (Lipinski definition) is 11. The van der Waals surface area contributed by atoms with Gasteiger partial charge in [0.25, 0.3) is 5.91 Å². The molecular formula is C45H69N7O14. The van der Waals surface area contributed by atoms with Crippen LogP contribution in [0.25, 0.3) is 0 Å². The Morgan fingerprint density at radius 3 is 1.68 bits per heavy atom. The maximum Gasteiger partial charge on any atom is 0.305 e. The fourth-order valence-corrected chi connectivity index (χ4v) is 6.53. The van der Waals surface area contributed by atoms with Crippen molar-refractivity contribution in [2.75, 3.05) is 6.54 Å². The lowest BCUT2D eigenvalue weighted by molar-refractivity contribution is -0.142. The maximum atomic E-state index is 14.4. The molecule has 0 unspecified atom stereocenters. The summed E-state index contributed by atoms with van der Waals surface area (Å²) < 4.78 is 0. The van der Waals surface area contributed by atoms with Crippen LogP contribution in [-0.4, -0.2) is 123 Å². The zero-order chi connectivity index (χ0) is 50.3. The SMILES string of the molecule is CCCC[C@H](NC(=O)[C@H](CC(C)C)NC(=O)[C@@H](NC(=O)[C@H](Cc1ccccc1C)NC(=O)[C@H](CCC(=O)O)NC(=O)[C@H](CC(=O)O)NC(=O)CCC(=O)O)C(C)(C)C)C(=O)C(=O)NCCC. The molecule has 66 heavy (non-hydrogen) atoms. The molecule has 0 aliphatic heterocycles. The smallest absolute Gasteiger partial charge is 0.305 e. The van der Waals surface area contributed by atoms with Crippen molar-refractivity contribution in [2.45, 2.75) is 162 Å².